The Morgan fingerprint density at radius 2 is 2.20 bits per heavy atom. The van der Waals surface area contributed by atoms with Gasteiger partial charge >= 0.3 is 0 Å². The lowest BCUT2D eigenvalue weighted by Crippen LogP contribution is -2.12. The summed E-state index contributed by atoms with van der Waals surface area (Å²) >= 11 is 3.75. The van der Waals surface area contributed by atoms with Gasteiger partial charge in [-0.05, 0) is 11.7 Å². The van der Waals surface area contributed by atoms with Crippen molar-refractivity contribution in [1.82, 2.24) is 0 Å². The highest BCUT2D eigenvalue weighted by atomic mass is 32.1. The lowest BCUT2D eigenvalue weighted by Gasteiger charge is -1.90. The maximum absolute atomic E-state index is 5.03. The summed E-state index contributed by atoms with van der Waals surface area (Å²) in [4.78, 5) is 0. The van der Waals surface area contributed by atoms with E-state index in [1.807, 2.05) is 0 Å². The molecule has 0 rings (SSSR count). The van der Waals surface area contributed by atoms with E-state index < -0.39 is 0 Å². The normalized spacial score (nSPS) is 14.8. The van der Waals surface area contributed by atoms with Gasteiger partial charge in [-0.1, -0.05) is 0 Å². The molecule has 0 fully saturated rings. The molecule has 1 unspecified atom stereocenters. The molecule has 0 aromatic rings. The lowest BCUT2D eigenvalue weighted by atomic mass is 10.1. The number of thiol groups is 1. The van der Waals surface area contributed by atoms with E-state index in [-0.39, 0.29) is 5.15 Å². The van der Waals surface area contributed by atoms with Gasteiger partial charge in [-0.25, -0.2) is 0 Å². The molecule has 0 aliphatic heterocycles. The van der Waals surface area contributed by atoms with E-state index in [2.05, 4.69) is 12.6 Å². The van der Waals surface area contributed by atoms with Gasteiger partial charge < -0.3 is 5.73 Å². The van der Waals surface area contributed by atoms with Gasteiger partial charge in [-0.15, -0.1) is 0 Å². The average Bonchev–Trinajstić information content (AvgIpc) is 1.38. The Morgan fingerprint density at radius 1 is 2.00 bits per heavy atom. The van der Waals surface area contributed by atoms with Crippen molar-refractivity contribution in [2.75, 3.05) is 6.54 Å². The van der Waals surface area contributed by atoms with Crippen LogP contribution in [0.4, 0.5) is 0 Å². The van der Waals surface area contributed by atoms with Crippen molar-refractivity contribution < 1.29 is 0 Å². The molecule has 3 heteroatoms. The van der Waals surface area contributed by atoms with Crippen molar-refractivity contribution in [2.45, 2.75) is 5.15 Å². The van der Waals surface area contributed by atoms with E-state index in [0.717, 1.165) is 0 Å². The molecule has 0 bridgehead atoms. The highest BCUT2D eigenvalue weighted by Crippen LogP contribution is 1.77. The van der Waals surface area contributed by atoms with Crippen LogP contribution in [0.15, 0.2) is 0 Å². The van der Waals surface area contributed by atoms with Crippen LogP contribution in [0.2, 0.25) is 0 Å². The van der Waals surface area contributed by atoms with Crippen molar-refractivity contribution in [3.63, 3.8) is 0 Å². The maximum Gasteiger partial charge on any atom is 0.0860 e. The standard InChI is InChI=1S/C2H6BNS/c3-2(5)1-4/h2,5H,1,4H2. The molecule has 0 aliphatic carbocycles. The first-order valence-electron chi connectivity index (χ1n) is 1.41. The Labute approximate surface area is 38.8 Å². The van der Waals surface area contributed by atoms with Gasteiger partial charge in [0.05, 0.1) is 7.85 Å². The summed E-state index contributed by atoms with van der Waals surface area (Å²) in [6.45, 7) is 0.448. The Hall–Kier alpha value is 0.375. The van der Waals surface area contributed by atoms with Gasteiger partial charge in [0.15, 0.2) is 0 Å². The Morgan fingerprint density at radius 3 is 2.20 bits per heavy atom. The van der Waals surface area contributed by atoms with Crippen LogP contribution in [0.3, 0.4) is 0 Å². The first-order valence-corrected chi connectivity index (χ1v) is 1.92. The fraction of sp³-hybridized carbons (Fsp3) is 1.00. The fourth-order valence-corrected chi connectivity index (χ4v) is 0. The fourth-order valence-electron chi connectivity index (χ4n) is 0. The van der Waals surface area contributed by atoms with Gasteiger partial charge in [0.25, 0.3) is 0 Å². The SMILES string of the molecule is [B]C(S)CN. The average molecular weight is 87.0 g/mol. The molecule has 0 aromatic carbocycles. The first kappa shape index (κ1) is 5.37. The highest BCUT2D eigenvalue weighted by Gasteiger charge is 1.81. The monoisotopic (exact) mass is 87.0 g/mol. The molecule has 2 N–H and O–H groups in total. The molecule has 0 heterocycles. The largest absolute Gasteiger partial charge is 0.330 e. The molecular formula is C2H6BNS. The van der Waals surface area contributed by atoms with Gasteiger partial charge in [0, 0.05) is 0 Å². The smallest absolute Gasteiger partial charge is 0.0860 e. The minimum Gasteiger partial charge on any atom is -0.330 e. The topological polar surface area (TPSA) is 26.0 Å². The third kappa shape index (κ3) is 4.37. The zero-order chi connectivity index (χ0) is 4.28. The Bertz CT molecular complexity index is 23.6. The minimum absolute atomic E-state index is 0.144. The minimum atomic E-state index is -0.144. The summed E-state index contributed by atoms with van der Waals surface area (Å²) in [5.41, 5.74) is 4.97. The van der Waals surface area contributed by atoms with Crippen LogP contribution in [0, 0.1) is 0 Å². The van der Waals surface area contributed by atoms with E-state index in [0.29, 0.717) is 6.54 Å². The third-order valence-corrected chi connectivity index (χ3v) is 0.452. The van der Waals surface area contributed by atoms with Gasteiger partial charge in [0.1, 0.15) is 0 Å². The van der Waals surface area contributed by atoms with Crippen molar-refractivity contribution >= 4 is 20.5 Å². The van der Waals surface area contributed by atoms with Crippen LogP contribution in [0.5, 0.6) is 0 Å². The van der Waals surface area contributed by atoms with E-state index in [9.17, 15) is 0 Å². The molecule has 28 valence electrons. The second-order valence-corrected chi connectivity index (χ2v) is 1.47. The molecule has 0 aliphatic rings. The van der Waals surface area contributed by atoms with Crippen LogP contribution in [0.25, 0.3) is 0 Å². The zero-order valence-corrected chi connectivity index (χ0v) is 3.78. The molecule has 0 amide bonds. The maximum atomic E-state index is 5.03. The molecule has 1 nitrogen and oxygen atoms in total. The number of rotatable bonds is 1. The predicted octanol–water partition coefficient (Wildman–Crippen LogP) is -0.631. The Kier molecular flexibility index (Phi) is 2.80. The Balaban J connectivity index is 2.54. The molecule has 0 aromatic heterocycles. The number of nitrogens with two attached hydrogens (primary N) is 1. The number of hydrogen-bond donors (Lipinski definition) is 2. The zero-order valence-electron chi connectivity index (χ0n) is 2.89. The van der Waals surface area contributed by atoms with Gasteiger partial charge in [0.2, 0.25) is 0 Å². The summed E-state index contributed by atoms with van der Waals surface area (Å²) in [7, 11) is 5.03. The van der Waals surface area contributed by atoms with Crippen LogP contribution in [0.1, 0.15) is 0 Å². The lowest BCUT2D eigenvalue weighted by molar-refractivity contribution is 1.10. The van der Waals surface area contributed by atoms with Gasteiger partial charge in [-0.2, -0.15) is 12.6 Å². The van der Waals surface area contributed by atoms with E-state index in [1.165, 1.54) is 0 Å². The quantitative estimate of drug-likeness (QED) is 0.323. The van der Waals surface area contributed by atoms with Crippen LogP contribution in [-0.4, -0.2) is 19.5 Å². The summed E-state index contributed by atoms with van der Waals surface area (Å²) < 4.78 is 0. The third-order valence-electron chi connectivity index (χ3n) is 0.241. The molecule has 5 heavy (non-hydrogen) atoms. The van der Waals surface area contributed by atoms with Crippen molar-refractivity contribution in [2.24, 2.45) is 5.73 Å². The van der Waals surface area contributed by atoms with Crippen LogP contribution in [-0.2, 0) is 0 Å². The highest BCUT2D eigenvalue weighted by molar-refractivity contribution is 7.82. The molecule has 2 radical (unpaired) electrons. The second-order valence-electron chi connectivity index (χ2n) is 0.803. The molecule has 0 saturated heterocycles. The van der Waals surface area contributed by atoms with E-state index >= 15 is 0 Å². The van der Waals surface area contributed by atoms with Crippen molar-refractivity contribution in [3.05, 3.63) is 0 Å². The van der Waals surface area contributed by atoms with Crippen molar-refractivity contribution in [1.29, 1.82) is 0 Å². The predicted molar refractivity (Wildman–Crippen MR) is 27.6 cm³/mol. The van der Waals surface area contributed by atoms with Crippen LogP contribution < -0.4 is 5.73 Å². The summed E-state index contributed by atoms with van der Waals surface area (Å²) in [6, 6.07) is 0. The van der Waals surface area contributed by atoms with Crippen molar-refractivity contribution in [3.8, 4) is 0 Å². The molecular weight excluding hydrogens is 80.9 g/mol. The second kappa shape index (κ2) is 2.60. The molecule has 0 saturated carbocycles. The molecule has 1 atom stereocenters. The summed E-state index contributed by atoms with van der Waals surface area (Å²) in [6.07, 6.45) is 0. The van der Waals surface area contributed by atoms with E-state index in [4.69, 9.17) is 13.6 Å². The summed E-state index contributed by atoms with van der Waals surface area (Å²) in [5, 5.41) is -0.144. The van der Waals surface area contributed by atoms with Crippen LogP contribution >= 0.6 is 12.6 Å². The number of hydrogen-bond acceptors (Lipinski definition) is 2. The summed E-state index contributed by atoms with van der Waals surface area (Å²) in [5.74, 6) is 0. The molecule has 0 spiro atoms. The van der Waals surface area contributed by atoms with E-state index in [1.54, 1.807) is 0 Å². The van der Waals surface area contributed by atoms with Gasteiger partial charge in [-0.3, -0.25) is 0 Å². The first-order chi connectivity index (χ1) is 2.27.